The van der Waals surface area contributed by atoms with E-state index in [1.54, 1.807) is 11.3 Å². The monoisotopic (exact) mass is 1200 g/mol. The third-order valence-electron chi connectivity index (χ3n) is 18.4. The van der Waals surface area contributed by atoms with E-state index in [-0.39, 0.29) is 0 Å². The summed E-state index contributed by atoms with van der Waals surface area (Å²) >= 11 is 1.77. The molecule has 8 heterocycles. The number of para-hydroxylation sites is 3. The van der Waals surface area contributed by atoms with Crippen molar-refractivity contribution < 1.29 is 4.42 Å². The number of pyridine rings is 2. The second-order valence-electron chi connectivity index (χ2n) is 23.0. The summed E-state index contributed by atoms with van der Waals surface area (Å²) in [6.07, 6.45) is 12.1. The average molecular weight is 1200 g/mol. The highest BCUT2D eigenvalue weighted by Crippen LogP contribution is 2.38. The lowest BCUT2D eigenvalue weighted by Gasteiger charge is -2.34. The highest BCUT2D eigenvalue weighted by Gasteiger charge is 2.46. The summed E-state index contributed by atoms with van der Waals surface area (Å²) in [5.74, 6) is 1.20. The largest absolute Gasteiger partial charge is 0.438 e. The number of furan rings is 1. The molecule has 9 nitrogen and oxygen atoms in total. The van der Waals surface area contributed by atoms with Gasteiger partial charge in [-0.2, -0.15) is 0 Å². The molecular formula is C78H50N8OSSi2. The van der Waals surface area contributed by atoms with Crippen LogP contribution in [0.4, 0.5) is 0 Å². The van der Waals surface area contributed by atoms with E-state index >= 15 is 0 Å². The molecule has 0 amide bonds. The predicted octanol–water partition coefficient (Wildman–Crippen LogP) is 12.9. The smallest absolute Gasteiger partial charge is 0.234 e. The van der Waals surface area contributed by atoms with Crippen molar-refractivity contribution in [2.45, 2.75) is 0 Å². The topological polar surface area (TPSA) is 100 Å². The molecule has 0 fully saturated rings. The Morgan fingerprint density at radius 3 is 1.28 bits per heavy atom. The van der Waals surface area contributed by atoms with E-state index in [4.69, 9.17) is 34.3 Å². The van der Waals surface area contributed by atoms with E-state index in [1.165, 1.54) is 41.4 Å². The third-order valence-corrected chi connectivity index (χ3v) is 29.2. The van der Waals surface area contributed by atoms with Crippen molar-refractivity contribution in [3.63, 3.8) is 0 Å². The molecule has 10 aromatic carbocycles. The summed E-state index contributed by atoms with van der Waals surface area (Å²) in [6, 6.07) is 96.1. The van der Waals surface area contributed by atoms with Crippen LogP contribution in [-0.2, 0) is 0 Å². The van der Waals surface area contributed by atoms with E-state index in [1.807, 2.05) is 24.5 Å². The maximum absolute atomic E-state index is 7.10. The zero-order valence-corrected chi connectivity index (χ0v) is 51.1. The van der Waals surface area contributed by atoms with E-state index in [9.17, 15) is 0 Å². The number of thiophene rings is 1. The molecule has 90 heavy (non-hydrogen) atoms. The molecule has 0 saturated carbocycles. The van der Waals surface area contributed by atoms with Gasteiger partial charge in [-0.25, -0.2) is 29.9 Å². The maximum atomic E-state index is 7.10. The molecule has 422 valence electrons. The molecule has 0 spiro atoms. The lowest BCUT2D eigenvalue weighted by atomic mass is 10.0. The average Bonchev–Trinajstić information content (AvgIpc) is 1.21. The molecule has 0 aliphatic carbocycles. The van der Waals surface area contributed by atoms with Crippen molar-refractivity contribution in [2.24, 2.45) is 0 Å². The first-order valence-corrected chi connectivity index (χ1v) is 34.9. The molecule has 18 aromatic rings. The summed E-state index contributed by atoms with van der Waals surface area (Å²) < 4.78 is 12.7. The number of hydrogen-bond donors (Lipinski definition) is 0. The fourth-order valence-corrected chi connectivity index (χ4v) is 25.6. The van der Waals surface area contributed by atoms with Crippen LogP contribution in [0.25, 0.3) is 109 Å². The van der Waals surface area contributed by atoms with E-state index in [0.29, 0.717) is 17.6 Å². The summed E-state index contributed by atoms with van der Waals surface area (Å²) in [5.41, 5.74) is 7.59. The highest BCUT2D eigenvalue weighted by atomic mass is 32.1. The van der Waals surface area contributed by atoms with E-state index in [0.717, 1.165) is 91.5 Å². The van der Waals surface area contributed by atoms with Gasteiger partial charge in [0.25, 0.3) is 0 Å². The second-order valence-corrected chi connectivity index (χ2v) is 31.5. The molecular weight excluding hydrogens is 1150 g/mol. The van der Waals surface area contributed by atoms with Gasteiger partial charge in [0.05, 0.1) is 22.1 Å². The molecule has 0 atom stereocenters. The van der Waals surface area contributed by atoms with Gasteiger partial charge in [-0.1, -0.05) is 206 Å². The Morgan fingerprint density at radius 2 is 0.733 bits per heavy atom. The molecule has 0 bridgehead atoms. The normalized spacial score (nSPS) is 12.2. The van der Waals surface area contributed by atoms with Crippen LogP contribution in [0.15, 0.2) is 309 Å². The summed E-state index contributed by atoms with van der Waals surface area (Å²) in [7, 11) is -6.53. The number of hydrogen-bond acceptors (Lipinski definition) is 8. The number of benzene rings is 10. The van der Waals surface area contributed by atoms with Gasteiger partial charge in [0.2, 0.25) is 17.6 Å². The maximum Gasteiger partial charge on any atom is 0.234 e. The van der Waals surface area contributed by atoms with Crippen molar-refractivity contribution in [1.82, 2.24) is 39.0 Å². The number of fused-ring (bicyclic) bond motifs is 12. The Hall–Kier alpha value is -11.3. The van der Waals surface area contributed by atoms with Gasteiger partial charge >= 0.3 is 0 Å². The minimum absolute atomic E-state index is 0.583. The summed E-state index contributed by atoms with van der Waals surface area (Å²) in [4.78, 5) is 32.4. The molecule has 12 heteroatoms. The van der Waals surface area contributed by atoms with Crippen molar-refractivity contribution >= 4 is 155 Å². The van der Waals surface area contributed by atoms with Crippen molar-refractivity contribution in [3.8, 4) is 23.0 Å². The quantitative estimate of drug-likeness (QED) is 0.0939. The van der Waals surface area contributed by atoms with Crippen LogP contribution in [0, 0.1) is 0 Å². The first-order chi connectivity index (χ1) is 44.6. The number of nitrogens with zero attached hydrogens (tertiary/aromatic N) is 8. The van der Waals surface area contributed by atoms with Crippen LogP contribution >= 0.6 is 11.3 Å². The lowest BCUT2D eigenvalue weighted by molar-refractivity contribution is 0.656. The van der Waals surface area contributed by atoms with Crippen LogP contribution in [0.2, 0.25) is 0 Å². The number of rotatable bonds is 11. The molecule has 0 radical (unpaired) electrons. The van der Waals surface area contributed by atoms with E-state index in [2.05, 4.69) is 289 Å². The zero-order valence-electron chi connectivity index (χ0n) is 48.3. The Labute approximate surface area is 522 Å². The van der Waals surface area contributed by atoms with Crippen LogP contribution in [0.5, 0.6) is 0 Å². The SMILES string of the molecule is c1ccc([Si](c2ccccc2)(c2cnc(-n3c4ccccc4c4ccccc43)nc2)c2cc(-c3ccc4c(c3)c3ccccc3n4-c3ncc([Si](c4ccccc4)(c4ccccc4)c4cccc5c4sc4ncccc45)cn3)cc3c2oc2ncccc23)cc1. The molecule has 0 aliphatic heterocycles. The molecule has 0 aliphatic rings. The van der Waals surface area contributed by atoms with Gasteiger partial charge in [0.1, 0.15) is 10.4 Å². The van der Waals surface area contributed by atoms with Crippen LogP contribution < -0.4 is 41.5 Å². The number of aromatic nitrogens is 8. The van der Waals surface area contributed by atoms with Gasteiger partial charge in [0.15, 0.2) is 16.1 Å². The predicted molar refractivity (Wildman–Crippen MR) is 375 cm³/mol. The first-order valence-electron chi connectivity index (χ1n) is 30.1. The van der Waals surface area contributed by atoms with Gasteiger partial charge in [-0.3, -0.25) is 9.13 Å². The Balaban J connectivity index is 0.831. The van der Waals surface area contributed by atoms with E-state index < -0.39 is 16.1 Å². The standard InChI is InChI=1S/C78H50N8OSSi2/c1-5-22-53(23-6-1)89(54-24-7-2-8-25-54,71-39-19-33-62-64-35-21-43-80-76(64)88-74(62)71)57-47-81-78(82-48-57)86-69-38-18-15-32-61(69)65-44-51(40-41-70(65)86)52-45-66-63-34-20-42-79-75(63)87-73(66)72(46-52)90(55-26-9-3-10-27-55,56-28-11-4-12-29-56)58-49-83-77(84-50-58)85-67-36-16-13-30-59(67)60-31-14-17-37-68(60)85/h1-50H. The van der Waals surface area contributed by atoms with Gasteiger partial charge < -0.3 is 4.42 Å². The Bertz CT molecular complexity index is 5660. The van der Waals surface area contributed by atoms with Gasteiger partial charge in [-0.15, -0.1) is 11.3 Å². The van der Waals surface area contributed by atoms with Gasteiger partial charge in [0, 0.05) is 85.0 Å². The minimum atomic E-state index is -3.43. The van der Waals surface area contributed by atoms with Crippen LogP contribution in [0.1, 0.15) is 0 Å². The second kappa shape index (κ2) is 20.7. The lowest BCUT2D eigenvalue weighted by Crippen LogP contribution is -2.75. The Morgan fingerprint density at radius 1 is 0.300 bits per heavy atom. The fourth-order valence-electron chi connectivity index (χ4n) is 14.5. The summed E-state index contributed by atoms with van der Waals surface area (Å²) in [5, 5.41) is 18.1. The van der Waals surface area contributed by atoms with Crippen LogP contribution in [-0.4, -0.2) is 55.2 Å². The molecule has 8 aromatic heterocycles. The van der Waals surface area contributed by atoms with Crippen molar-refractivity contribution in [3.05, 3.63) is 304 Å². The molecule has 18 rings (SSSR count). The Kier molecular flexibility index (Phi) is 11.9. The highest BCUT2D eigenvalue weighted by molar-refractivity contribution is 7.30. The van der Waals surface area contributed by atoms with Crippen LogP contribution in [0.3, 0.4) is 0 Å². The van der Waals surface area contributed by atoms with Crippen molar-refractivity contribution in [1.29, 1.82) is 0 Å². The third kappa shape index (κ3) is 7.72. The zero-order chi connectivity index (χ0) is 59.3. The first kappa shape index (κ1) is 51.9. The minimum Gasteiger partial charge on any atom is -0.438 e. The van der Waals surface area contributed by atoms with Crippen molar-refractivity contribution in [2.75, 3.05) is 0 Å². The molecule has 0 N–H and O–H groups in total. The fraction of sp³-hybridized carbons (Fsp3) is 0. The molecule has 0 unspecified atom stereocenters. The molecule has 0 saturated heterocycles. The van der Waals surface area contributed by atoms with Gasteiger partial charge in [-0.05, 0) is 113 Å². The summed E-state index contributed by atoms with van der Waals surface area (Å²) in [6.45, 7) is 0.